The summed E-state index contributed by atoms with van der Waals surface area (Å²) < 4.78 is 0. The van der Waals surface area contributed by atoms with Gasteiger partial charge in [0, 0.05) is 22.7 Å². The van der Waals surface area contributed by atoms with E-state index in [1.54, 1.807) is 0 Å². The van der Waals surface area contributed by atoms with E-state index < -0.39 is 73.6 Å². The van der Waals surface area contributed by atoms with E-state index in [2.05, 4.69) is 63.5 Å². The normalized spacial score (nSPS) is 11.9. The van der Waals surface area contributed by atoms with E-state index >= 15 is 0 Å². The molecule has 0 bridgehead atoms. The molecule has 9 aromatic rings. The van der Waals surface area contributed by atoms with Crippen molar-refractivity contribution in [1.29, 1.82) is 0 Å². The molecular formula is C56H52N2O10Si2. The Hall–Kier alpha value is -8.47. The summed E-state index contributed by atoms with van der Waals surface area (Å²) in [5.74, 6) is -9.36. The lowest BCUT2D eigenvalue weighted by atomic mass is 9.86. The van der Waals surface area contributed by atoms with E-state index in [4.69, 9.17) is 0 Å². The van der Waals surface area contributed by atoms with Crippen molar-refractivity contribution in [1.82, 2.24) is 0 Å². The van der Waals surface area contributed by atoms with Gasteiger partial charge in [0.05, 0.1) is 16.1 Å². The fourth-order valence-electron chi connectivity index (χ4n) is 9.11. The molecule has 9 rings (SSSR count). The first-order valence-corrected chi connectivity index (χ1v) is 29.5. The Morgan fingerprint density at radius 1 is 0.271 bits per heavy atom. The number of phenols is 10. The molecule has 12 nitrogen and oxygen atoms in total. The van der Waals surface area contributed by atoms with Crippen LogP contribution in [0, 0.1) is 0 Å². The minimum Gasteiger partial charge on any atom is -0.503 e. The molecule has 0 fully saturated rings. The quantitative estimate of drug-likeness (QED) is 0.0269. The molecule has 14 heteroatoms. The summed E-state index contributed by atoms with van der Waals surface area (Å²) >= 11 is 0. The monoisotopic (exact) mass is 968 g/mol. The molecule has 0 aliphatic rings. The molecule has 0 spiro atoms. The van der Waals surface area contributed by atoms with Crippen LogP contribution in [0.3, 0.4) is 0 Å². The van der Waals surface area contributed by atoms with Crippen LogP contribution in [0.4, 0.5) is 34.1 Å². The van der Waals surface area contributed by atoms with E-state index in [1.807, 2.05) is 121 Å². The minimum atomic E-state index is -1.73. The van der Waals surface area contributed by atoms with E-state index in [9.17, 15) is 51.1 Å². The molecule has 0 unspecified atom stereocenters. The zero-order valence-electron chi connectivity index (χ0n) is 39.2. The highest BCUT2D eigenvalue weighted by molar-refractivity contribution is 6.89. The van der Waals surface area contributed by atoms with E-state index in [0.29, 0.717) is 22.7 Å². The second-order valence-corrected chi connectivity index (χ2v) is 29.5. The number of hydrogen-bond donors (Lipinski definition) is 10. The van der Waals surface area contributed by atoms with Gasteiger partial charge in [-0.2, -0.15) is 0 Å². The lowest BCUT2D eigenvalue weighted by Crippen LogP contribution is -2.37. The molecule has 0 aliphatic heterocycles. The van der Waals surface area contributed by atoms with Gasteiger partial charge < -0.3 is 60.9 Å². The first-order valence-electron chi connectivity index (χ1n) is 22.5. The van der Waals surface area contributed by atoms with Crippen LogP contribution in [0.2, 0.25) is 39.3 Å². The Kier molecular flexibility index (Phi) is 11.5. The molecule has 70 heavy (non-hydrogen) atoms. The third-order valence-corrected chi connectivity index (χ3v) is 17.0. The number of anilines is 6. The molecule has 0 atom stereocenters. The molecule has 0 heterocycles. The summed E-state index contributed by atoms with van der Waals surface area (Å²) in [6.07, 6.45) is 0. The van der Waals surface area contributed by atoms with E-state index in [1.165, 1.54) is 9.80 Å². The zero-order chi connectivity index (χ0) is 50.1. The predicted molar refractivity (Wildman–Crippen MR) is 284 cm³/mol. The van der Waals surface area contributed by atoms with Crippen LogP contribution in [0.25, 0.3) is 43.8 Å². The van der Waals surface area contributed by atoms with Gasteiger partial charge in [-0.3, -0.25) is 0 Å². The second kappa shape index (κ2) is 17.2. The molecule has 0 radical (unpaired) electrons. The Morgan fingerprint density at radius 3 is 0.714 bits per heavy atom. The van der Waals surface area contributed by atoms with Crippen molar-refractivity contribution < 1.29 is 51.1 Å². The average molecular weight is 969 g/mol. The minimum absolute atomic E-state index is 0.330. The predicted octanol–water partition coefficient (Wildman–Crippen LogP) is 12.4. The molecule has 0 aliphatic carbocycles. The van der Waals surface area contributed by atoms with Crippen LogP contribution >= 0.6 is 0 Å². The Bertz CT molecular complexity index is 3150. The SMILES string of the molecule is C[Si](C)(C)c1ccc(N(c2ccc(-c3c4ccccc4c(-c4ccc(N(c5ccc([Si](C)(C)C)cc5)c5c(O)c(O)c(O)c(O)c5O)cc4)c4ccccc34)cc2)c2c(O)c(O)c(O)c(O)c2O)cc1. The Balaban J connectivity index is 1.18. The maximum absolute atomic E-state index is 11.2. The summed E-state index contributed by atoms with van der Waals surface area (Å²) in [5, 5.41) is 114. The third-order valence-electron chi connectivity index (χ3n) is 12.9. The van der Waals surface area contributed by atoms with Crippen LogP contribution in [0.1, 0.15) is 0 Å². The van der Waals surface area contributed by atoms with Crippen LogP contribution in [0.15, 0.2) is 146 Å². The number of aromatic hydroxyl groups is 10. The highest BCUT2D eigenvalue weighted by Crippen LogP contribution is 2.60. The first-order chi connectivity index (χ1) is 33.2. The van der Waals surface area contributed by atoms with Crippen molar-refractivity contribution in [3.05, 3.63) is 146 Å². The lowest BCUT2D eigenvalue weighted by Gasteiger charge is -2.28. The van der Waals surface area contributed by atoms with Crippen LogP contribution in [-0.4, -0.2) is 67.2 Å². The molecule has 0 saturated heterocycles. The van der Waals surface area contributed by atoms with Gasteiger partial charge in [0.2, 0.25) is 34.5 Å². The second-order valence-electron chi connectivity index (χ2n) is 19.4. The molecular weight excluding hydrogens is 917 g/mol. The van der Waals surface area contributed by atoms with Gasteiger partial charge in [-0.25, -0.2) is 0 Å². The number of benzene rings is 9. The fourth-order valence-corrected chi connectivity index (χ4v) is 11.4. The van der Waals surface area contributed by atoms with Crippen molar-refractivity contribution in [3.63, 3.8) is 0 Å². The molecule has 10 N–H and O–H groups in total. The Morgan fingerprint density at radius 2 is 0.486 bits per heavy atom. The maximum Gasteiger partial charge on any atom is 0.208 e. The van der Waals surface area contributed by atoms with Gasteiger partial charge in [0.15, 0.2) is 23.0 Å². The number of phenolic OH excluding ortho intramolecular Hbond substituents is 10. The Labute approximate surface area is 406 Å². The number of rotatable bonds is 10. The van der Waals surface area contributed by atoms with Crippen molar-refractivity contribution >= 4 is 82.2 Å². The van der Waals surface area contributed by atoms with Crippen LogP contribution < -0.4 is 20.2 Å². The molecule has 0 saturated carbocycles. The van der Waals surface area contributed by atoms with E-state index in [-0.39, 0.29) is 11.4 Å². The van der Waals surface area contributed by atoms with Gasteiger partial charge in [-0.15, -0.1) is 0 Å². The van der Waals surface area contributed by atoms with Gasteiger partial charge in [0.1, 0.15) is 11.4 Å². The zero-order valence-corrected chi connectivity index (χ0v) is 41.2. The third kappa shape index (κ3) is 7.82. The highest BCUT2D eigenvalue weighted by Gasteiger charge is 2.32. The summed E-state index contributed by atoms with van der Waals surface area (Å²) in [6.45, 7) is 13.3. The average Bonchev–Trinajstić information content (AvgIpc) is 3.35. The molecule has 0 amide bonds. The smallest absolute Gasteiger partial charge is 0.208 e. The van der Waals surface area contributed by atoms with E-state index in [0.717, 1.165) is 54.2 Å². The summed E-state index contributed by atoms with van der Waals surface area (Å²) in [5.41, 5.74) is 4.82. The summed E-state index contributed by atoms with van der Waals surface area (Å²) in [4.78, 5) is 3.01. The maximum atomic E-state index is 11.2. The van der Waals surface area contributed by atoms with Gasteiger partial charge in [0.25, 0.3) is 0 Å². The van der Waals surface area contributed by atoms with Gasteiger partial charge >= 0.3 is 0 Å². The van der Waals surface area contributed by atoms with Crippen molar-refractivity contribution in [2.75, 3.05) is 9.80 Å². The van der Waals surface area contributed by atoms with Gasteiger partial charge in [-0.1, -0.05) is 147 Å². The summed E-state index contributed by atoms with van der Waals surface area (Å²) in [6, 6.07) is 46.3. The van der Waals surface area contributed by atoms with Crippen molar-refractivity contribution in [2.24, 2.45) is 0 Å². The van der Waals surface area contributed by atoms with Crippen LogP contribution in [0.5, 0.6) is 57.5 Å². The lowest BCUT2D eigenvalue weighted by molar-refractivity contribution is 0.329. The number of fused-ring (bicyclic) bond motifs is 2. The van der Waals surface area contributed by atoms with Crippen LogP contribution in [-0.2, 0) is 0 Å². The standard InChI is InChI=1S/C56H52N2O10Si2/c1-69(2,3)37-27-23-35(24-28-37)57(45-47(59)51(63)55(67)52(64)48(45)60)33-19-15-31(16-20-33)43-39-11-7-9-13-41(39)44(42-14-10-8-12-40(42)43)32-17-21-34(22-18-32)58(36-25-29-38(30-26-36)70(4,5)6)46-49(61)53(65)56(68)54(66)50(46)62/h7-30,59-68H,1-6H3. The highest BCUT2D eigenvalue weighted by atomic mass is 28.3. The molecule has 354 valence electrons. The number of hydrogen-bond acceptors (Lipinski definition) is 12. The fraction of sp³-hybridized carbons (Fsp3) is 0.107. The largest absolute Gasteiger partial charge is 0.503 e. The van der Waals surface area contributed by atoms with Gasteiger partial charge in [-0.05, 0) is 92.3 Å². The topological polar surface area (TPSA) is 209 Å². The molecule has 0 aromatic heterocycles. The first kappa shape index (κ1) is 46.6. The molecule has 9 aromatic carbocycles. The number of nitrogens with zero attached hydrogens (tertiary/aromatic N) is 2. The van der Waals surface area contributed by atoms with Crippen molar-refractivity contribution in [3.8, 4) is 79.7 Å². The van der Waals surface area contributed by atoms with Crippen molar-refractivity contribution in [2.45, 2.75) is 39.3 Å². The summed E-state index contributed by atoms with van der Waals surface area (Å²) in [7, 11) is -3.46.